The third kappa shape index (κ3) is 1.22. The molecule has 82 valence electrons. The van der Waals surface area contributed by atoms with Crippen molar-refractivity contribution in [3.05, 3.63) is 29.3 Å². The average Bonchev–Trinajstić information content (AvgIpc) is 2.26. The highest BCUT2D eigenvalue weighted by molar-refractivity contribution is 5.49. The van der Waals surface area contributed by atoms with Crippen LogP contribution in [0.4, 0.5) is 0 Å². The predicted molar refractivity (Wildman–Crippen MR) is 63.3 cm³/mol. The van der Waals surface area contributed by atoms with E-state index in [0.717, 1.165) is 0 Å². The molecule has 0 aromatic heterocycles. The number of aromatic hydroxyl groups is 1. The van der Waals surface area contributed by atoms with E-state index in [4.69, 9.17) is 0 Å². The molecule has 1 unspecified atom stereocenters. The molecule has 1 nitrogen and oxygen atoms in total. The molecule has 1 atom stereocenters. The predicted octanol–water partition coefficient (Wildman–Crippen LogP) is 3.60. The fraction of sp³-hybridized carbons (Fsp3) is 0.571. The van der Waals surface area contributed by atoms with Crippen molar-refractivity contribution in [2.24, 2.45) is 5.92 Å². The highest BCUT2D eigenvalue weighted by Crippen LogP contribution is 2.53. The molecule has 0 saturated carbocycles. The van der Waals surface area contributed by atoms with Crippen LogP contribution in [0, 0.1) is 5.92 Å². The summed E-state index contributed by atoms with van der Waals surface area (Å²) in [5, 5.41) is 9.59. The summed E-state index contributed by atoms with van der Waals surface area (Å²) in [6.07, 6.45) is 0. The second-order valence-corrected chi connectivity index (χ2v) is 5.89. The van der Waals surface area contributed by atoms with Crippen LogP contribution in [0.1, 0.15) is 45.7 Å². The smallest absolute Gasteiger partial charge is 0.115 e. The molecule has 1 aromatic carbocycles. The topological polar surface area (TPSA) is 20.2 Å². The molecule has 1 aromatic rings. The van der Waals surface area contributed by atoms with E-state index in [1.807, 2.05) is 6.07 Å². The van der Waals surface area contributed by atoms with Crippen molar-refractivity contribution in [2.45, 2.75) is 45.4 Å². The molecular weight excluding hydrogens is 184 g/mol. The van der Waals surface area contributed by atoms with E-state index in [-0.39, 0.29) is 10.8 Å². The molecule has 0 aliphatic heterocycles. The van der Waals surface area contributed by atoms with Gasteiger partial charge in [-0.3, -0.25) is 0 Å². The highest BCUT2D eigenvalue weighted by atomic mass is 16.3. The quantitative estimate of drug-likeness (QED) is 0.684. The van der Waals surface area contributed by atoms with Crippen molar-refractivity contribution in [3.63, 3.8) is 0 Å². The lowest BCUT2D eigenvalue weighted by Gasteiger charge is -2.32. The Morgan fingerprint density at radius 2 is 1.53 bits per heavy atom. The van der Waals surface area contributed by atoms with Gasteiger partial charge in [0.15, 0.2) is 0 Å². The zero-order valence-corrected chi connectivity index (χ0v) is 10.3. The van der Waals surface area contributed by atoms with Crippen LogP contribution in [-0.4, -0.2) is 5.11 Å². The number of hydrogen-bond acceptors (Lipinski definition) is 1. The minimum Gasteiger partial charge on any atom is -0.508 e. The molecule has 1 aliphatic carbocycles. The van der Waals surface area contributed by atoms with E-state index in [9.17, 15) is 5.11 Å². The van der Waals surface area contributed by atoms with Gasteiger partial charge < -0.3 is 5.11 Å². The minimum absolute atomic E-state index is 0.150. The first-order valence-electron chi connectivity index (χ1n) is 5.62. The normalized spacial score (nSPS) is 26.3. The van der Waals surface area contributed by atoms with Crippen LogP contribution in [-0.2, 0) is 10.8 Å². The lowest BCUT2D eigenvalue weighted by Crippen LogP contribution is -2.30. The number of phenols is 1. The lowest BCUT2D eigenvalue weighted by molar-refractivity contribution is 0.264. The van der Waals surface area contributed by atoms with Gasteiger partial charge in [0, 0.05) is 0 Å². The average molecular weight is 204 g/mol. The third-order valence-electron chi connectivity index (χ3n) is 4.56. The summed E-state index contributed by atoms with van der Waals surface area (Å²) in [5.74, 6) is 0.966. The maximum atomic E-state index is 9.59. The lowest BCUT2D eigenvalue weighted by atomic mass is 9.71. The van der Waals surface area contributed by atoms with E-state index in [0.29, 0.717) is 11.7 Å². The summed E-state index contributed by atoms with van der Waals surface area (Å²) in [6.45, 7) is 11.4. The molecular formula is C14H20O. The molecule has 2 rings (SSSR count). The molecule has 0 amide bonds. The Bertz CT molecular complexity index is 402. The van der Waals surface area contributed by atoms with E-state index in [1.165, 1.54) is 11.1 Å². The Labute approximate surface area is 92.1 Å². The summed E-state index contributed by atoms with van der Waals surface area (Å²) in [7, 11) is 0. The number of fused-ring (bicyclic) bond motifs is 1. The standard InChI is InChI=1S/C14H20O/c1-9-13(2,3)11-7-6-10(15)8-12(11)14(9,4)5/h6-9,15H,1-5H3. The molecule has 0 radical (unpaired) electrons. The van der Waals surface area contributed by atoms with Gasteiger partial charge in [-0.15, -0.1) is 0 Å². The van der Waals surface area contributed by atoms with Gasteiger partial charge in [0.2, 0.25) is 0 Å². The second-order valence-electron chi connectivity index (χ2n) is 5.89. The second kappa shape index (κ2) is 2.78. The fourth-order valence-electron chi connectivity index (χ4n) is 3.00. The first-order chi connectivity index (χ1) is 6.78. The highest BCUT2D eigenvalue weighted by Gasteiger charge is 2.48. The van der Waals surface area contributed by atoms with Crippen molar-refractivity contribution in [2.75, 3.05) is 0 Å². The van der Waals surface area contributed by atoms with E-state index >= 15 is 0 Å². The molecule has 0 fully saturated rings. The number of phenolic OH excluding ortho intramolecular Hbond substituents is 1. The number of benzene rings is 1. The Morgan fingerprint density at radius 3 is 2.13 bits per heavy atom. The van der Waals surface area contributed by atoms with Gasteiger partial charge in [-0.1, -0.05) is 40.7 Å². The van der Waals surface area contributed by atoms with Crippen molar-refractivity contribution in [1.29, 1.82) is 0 Å². The molecule has 0 saturated heterocycles. The summed E-state index contributed by atoms with van der Waals surface area (Å²) in [4.78, 5) is 0. The number of hydrogen-bond donors (Lipinski definition) is 1. The van der Waals surface area contributed by atoms with Crippen LogP contribution in [0.15, 0.2) is 18.2 Å². The van der Waals surface area contributed by atoms with E-state index < -0.39 is 0 Å². The Balaban J connectivity index is 2.71. The van der Waals surface area contributed by atoms with Crippen molar-refractivity contribution < 1.29 is 5.11 Å². The van der Waals surface area contributed by atoms with Crippen LogP contribution >= 0.6 is 0 Å². The SMILES string of the molecule is CC1C(C)(C)c2ccc(O)cc2C1(C)C. The van der Waals surface area contributed by atoms with Gasteiger partial charge in [0.05, 0.1) is 0 Å². The molecule has 1 aliphatic rings. The molecule has 1 N–H and O–H groups in total. The van der Waals surface area contributed by atoms with E-state index in [2.05, 4.69) is 40.7 Å². The maximum Gasteiger partial charge on any atom is 0.115 e. The monoisotopic (exact) mass is 204 g/mol. The number of rotatable bonds is 0. The molecule has 1 heteroatoms. The Kier molecular flexibility index (Phi) is 1.95. The summed E-state index contributed by atoms with van der Waals surface area (Å²) in [5.41, 5.74) is 3.04. The van der Waals surface area contributed by atoms with Crippen molar-refractivity contribution in [3.8, 4) is 5.75 Å². The third-order valence-corrected chi connectivity index (χ3v) is 4.56. The van der Waals surface area contributed by atoms with Gasteiger partial charge >= 0.3 is 0 Å². The van der Waals surface area contributed by atoms with Crippen LogP contribution in [0.2, 0.25) is 0 Å². The first-order valence-corrected chi connectivity index (χ1v) is 5.62. The zero-order chi connectivity index (χ0) is 11.4. The first kappa shape index (κ1) is 10.5. The van der Waals surface area contributed by atoms with Crippen molar-refractivity contribution in [1.82, 2.24) is 0 Å². The molecule has 0 bridgehead atoms. The molecule has 0 spiro atoms. The summed E-state index contributed by atoms with van der Waals surface area (Å²) >= 11 is 0. The Morgan fingerprint density at radius 1 is 1.00 bits per heavy atom. The zero-order valence-electron chi connectivity index (χ0n) is 10.3. The Hall–Kier alpha value is -0.980. The van der Waals surface area contributed by atoms with Crippen LogP contribution < -0.4 is 0 Å². The van der Waals surface area contributed by atoms with Crippen LogP contribution in [0.3, 0.4) is 0 Å². The van der Waals surface area contributed by atoms with Crippen LogP contribution in [0.25, 0.3) is 0 Å². The van der Waals surface area contributed by atoms with Crippen LogP contribution in [0.5, 0.6) is 5.75 Å². The maximum absolute atomic E-state index is 9.59. The van der Waals surface area contributed by atoms with Gasteiger partial charge in [0.1, 0.15) is 5.75 Å². The minimum atomic E-state index is 0.150. The fourth-order valence-corrected chi connectivity index (χ4v) is 3.00. The molecule has 0 heterocycles. The largest absolute Gasteiger partial charge is 0.508 e. The van der Waals surface area contributed by atoms with E-state index in [1.54, 1.807) is 6.07 Å². The molecule has 15 heavy (non-hydrogen) atoms. The van der Waals surface area contributed by atoms with Gasteiger partial charge in [0.25, 0.3) is 0 Å². The van der Waals surface area contributed by atoms with Gasteiger partial charge in [-0.25, -0.2) is 0 Å². The summed E-state index contributed by atoms with van der Waals surface area (Å²) < 4.78 is 0. The van der Waals surface area contributed by atoms with Crippen molar-refractivity contribution >= 4 is 0 Å². The van der Waals surface area contributed by atoms with Gasteiger partial charge in [-0.2, -0.15) is 0 Å². The van der Waals surface area contributed by atoms with Gasteiger partial charge in [-0.05, 0) is 40.0 Å². The summed E-state index contributed by atoms with van der Waals surface area (Å²) in [6, 6.07) is 5.81.